The molecule has 0 aliphatic rings. The summed E-state index contributed by atoms with van der Waals surface area (Å²) in [7, 11) is 0. The van der Waals surface area contributed by atoms with Gasteiger partial charge in [0, 0.05) is 0 Å². The van der Waals surface area contributed by atoms with Crippen LogP contribution in [0, 0.1) is 6.92 Å². The van der Waals surface area contributed by atoms with Gasteiger partial charge in [-0.2, -0.15) is 13.2 Å². The predicted molar refractivity (Wildman–Crippen MR) is 71.6 cm³/mol. The minimum Gasteiger partial charge on any atom is -0.306 e. The molecule has 2 rings (SSSR count). The third-order valence-corrected chi connectivity index (χ3v) is 3.71. The van der Waals surface area contributed by atoms with Crippen molar-refractivity contribution in [3.05, 3.63) is 46.0 Å². The van der Waals surface area contributed by atoms with E-state index in [4.69, 9.17) is 0 Å². The molecule has 7 heteroatoms. The van der Waals surface area contributed by atoms with Crippen LogP contribution in [-0.4, -0.2) is 16.1 Å². The summed E-state index contributed by atoms with van der Waals surface area (Å²) < 4.78 is 41.9. The zero-order valence-corrected chi connectivity index (χ0v) is 11.8. The Labute approximate surface area is 119 Å². The molecule has 1 aromatic heterocycles. The van der Waals surface area contributed by atoms with Crippen molar-refractivity contribution < 1.29 is 13.2 Å². The second-order valence-electron chi connectivity index (χ2n) is 4.38. The van der Waals surface area contributed by atoms with Crippen LogP contribution in [-0.2, 0) is 6.18 Å². The number of nitrogens with zero attached hydrogens (tertiary/aromatic N) is 2. The zero-order valence-electron chi connectivity index (χ0n) is 11.0. The lowest BCUT2D eigenvalue weighted by Crippen LogP contribution is -2.22. The highest BCUT2D eigenvalue weighted by atomic mass is 32.1. The molecule has 0 saturated carbocycles. The number of halogens is 3. The van der Waals surface area contributed by atoms with E-state index in [1.165, 1.54) is 23.7 Å². The smallest absolute Gasteiger partial charge is 0.306 e. The summed E-state index contributed by atoms with van der Waals surface area (Å²) in [6.45, 7) is 4.33. The summed E-state index contributed by atoms with van der Waals surface area (Å²) in [4.78, 5) is 0.884. The lowest BCUT2D eigenvalue weighted by molar-refractivity contribution is -0.137. The molecular weight excluding hydrogens is 287 g/mol. The number of nitrogens with one attached hydrogen (secondary N) is 1. The van der Waals surface area contributed by atoms with Crippen LogP contribution < -0.4 is 5.32 Å². The maximum Gasteiger partial charge on any atom is 0.416 e. The summed E-state index contributed by atoms with van der Waals surface area (Å²) in [6, 6.07) is 3.63. The molecule has 3 nitrogen and oxygen atoms in total. The maximum absolute atomic E-state index is 12.7. The van der Waals surface area contributed by atoms with E-state index in [9.17, 15) is 13.2 Å². The van der Waals surface area contributed by atoms with Crippen LogP contribution in [0.5, 0.6) is 0 Å². The minimum atomic E-state index is -4.32. The van der Waals surface area contributed by atoms with Crippen LogP contribution in [0.4, 0.5) is 13.2 Å². The maximum atomic E-state index is 12.7. The second-order valence-corrected chi connectivity index (χ2v) is 5.20. The summed E-state index contributed by atoms with van der Waals surface area (Å²) in [6.07, 6.45) is -2.68. The first-order valence-electron chi connectivity index (χ1n) is 6.12. The van der Waals surface area contributed by atoms with Gasteiger partial charge in [-0.25, -0.2) is 0 Å². The molecule has 0 radical (unpaired) electrons. The lowest BCUT2D eigenvalue weighted by Gasteiger charge is -2.19. The third-order valence-electron chi connectivity index (χ3n) is 2.98. The Morgan fingerprint density at radius 1 is 1.35 bits per heavy atom. The summed E-state index contributed by atoms with van der Waals surface area (Å²) in [5.41, 5.74) is 0.779. The summed E-state index contributed by atoms with van der Waals surface area (Å²) in [5.74, 6) is 0. The molecule has 0 bridgehead atoms. The van der Waals surface area contributed by atoms with E-state index in [-0.39, 0.29) is 6.04 Å². The molecule has 2 aromatic rings. The molecular formula is C13H14F3N3S. The van der Waals surface area contributed by atoms with Crippen molar-refractivity contribution in [3.8, 4) is 0 Å². The summed E-state index contributed by atoms with van der Waals surface area (Å²) >= 11 is 1.24. The molecule has 0 fully saturated rings. The molecule has 1 aromatic carbocycles. The number of hydrogen-bond acceptors (Lipinski definition) is 4. The topological polar surface area (TPSA) is 37.8 Å². The number of aromatic nitrogens is 2. The van der Waals surface area contributed by atoms with Crippen molar-refractivity contribution in [2.75, 3.05) is 6.54 Å². The van der Waals surface area contributed by atoms with Crippen LogP contribution in [0.2, 0.25) is 0 Å². The zero-order chi connectivity index (χ0) is 14.8. The standard InChI is InChI=1S/C13H14F3N3S/c1-3-17-12(11-7-18-19-20-11)10-5-4-9(6-8(10)2)13(14,15)16/h4-7,12,17H,3H2,1-2H3. The Hall–Kier alpha value is -1.47. The Balaban J connectivity index is 2.40. The summed E-state index contributed by atoms with van der Waals surface area (Å²) in [5, 5.41) is 7.04. The van der Waals surface area contributed by atoms with Gasteiger partial charge in [-0.3, -0.25) is 0 Å². The molecule has 0 aliphatic carbocycles. The predicted octanol–water partition coefficient (Wildman–Crippen LogP) is 3.56. The van der Waals surface area contributed by atoms with E-state index in [2.05, 4.69) is 14.9 Å². The first-order chi connectivity index (χ1) is 9.43. The molecule has 20 heavy (non-hydrogen) atoms. The van der Waals surface area contributed by atoms with Crippen molar-refractivity contribution in [2.24, 2.45) is 0 Å². The fraction of sp³-hybridized carbons (Fsp3) is 0.385. The average Bonchev–Trinajstić information content (AvgIpc) is 2.89. The molecule has 0 saturated heterocycles. The normalized spacial score (nSPS) is 13.4. The average molecular weight is 301 g/mol. The number of alkyl halides is 3. The highest BCUT2D eigenvalue weighted by Gasteiger charge is 2.31. The fourth-order valence-electron chi connectivity index (χ4n) is 2.05. The van der Waals surface area contributed by atoms with Crippen molar-refractivity contribution >= 4 is 11.5 Å². The van der Waals surface area contributed by atoms with Crippen molar-refractivity contribution in [1.29, 1.82) is 0 Å². The van der Waals surface area contributed by atoms with Gasteiger partial charge >= 0.3 is 6.18 Å². The van der Waals surface area contributed by atoms with Crippen LogP contribution in [0.15, 0.2) is 24.4 Å². The largest absolute Gasteiger partial charge is 0.416 e. The first kappa shape index (κ1) is 14.9. The number of hydrogen-bond donors (Lipinski definition) is 1. The Bertz CT molecular complexity index is 567. The second kappa shape index (κ2) is 5.88. The van der Waals surface area contributed by atoms with E-state index in [1.807, 2.05) is 6.92 Å². The van der Waals surface area contributed by atoms with Gasteiger partial charge in [0.05, 0.1) is 22.7 Å². The van der Waals surface area contributed by atoms with Crippen molar-refractivity contribution in [2.45, 2.75) is 26.1 Å². The minimum absolute atomic E-state index is 0.178. The SMILES string of the molecule is CCNC(c1cnns1)c1ccc(C(F)(F)F)cc1C. The van der Waals surface area contributed by atoms with E-state index in [1.54, 1.807) is 13.1 Å². The Kier molecular flexibility index (Phi) is 4.39. The van der Waals surface area contributed by atoms with Gasteiger partial charge in [0.25, 0.3) is 0 Å². The van der Waals surface area contributed by atoms with E-state index >= 15 is 0 Å². The van der Waals surface area contributed by atoms with Crippen molar-refractivity contribution in [1.82, 2.24) is 14.9 Å². The molecule has 1 atom stereocenters. The molecule has 0 amide bonds. The van der Waals surface area contributed by atoms with Crippen molar-refractivity contribution in [3.63, 3.8) is 0 Å². The van der Waals surface area contributed by atoms with Gasteiger partial charge < -0.3 is 5.32 Å². The van der Waals surface area contributed by atoms with Gasteiger partial charge in [0.15, 0.2) is 0 Å². The van der Waals surface area contributed by atoms with Gasteiger partial charge in [0.2, 0.25) is 0 Å². The number of benzene rings is 1. The molecule has 1 heterocycles. The van der Waals surface area contributed by atoms with Crippen LogP contribution in [0.25, 0.3) is 0 Å². The van der Waals surface area contributed by atoms with E-state index in [0.717, 1.165) is 16.5 Å². The van der Waals surface area contributed by atoms with E-state index in [0.29, 0.717) is 12.1 Å². The monoisotopic (exact) mass is 301 g/mol. The Morgan fingerprint density at radius 3 is 2.60 bits per heavy atom. The van der Waals surface area contributed by atoms with E-state index < -0.39 is 11.7 Å². The first-order valence-corrected chi connectivity index (χ1v) is 6.89. The van der Waals surface area contributed by atoms with Gasteiger partial charge in [-0.15, -0.1) is 5.10 Å². The number of rotatable bonds is 4. The van der Waals surface area contributed by atoms with Gasteiger partial charge in [0.1, 0.15) is 0 Å². The molecule has 1 N–H and O–H groups in total. The quantitative estimate of drug-likeness (QED) is 0.938. The van der Waals surface area contributed by atoms with Gasteiger partial charge in [-0.1, -0.05) is 17.5 Å². The lowest BCUT2D eigenvalue weighted by atomic mass is 9.98. The third kappa shape index (κ3) is 3.16. The molecule has 1 unspecified atom stereocenters. The number of aryl methyl sites for hydroxylation is 1. The van der Waals surface area contributed by atoms with Crippen LogP contribution in [0.3, 0.4) is 0 Å². The van der Waals surface area contributed by atoms with Crippen LogP contribution in [0.1, 0.15) is 34.5 Å². The highest BCUT2D eigenvalue weighted by Crippen LogP contribution is 2.33. The molecule has 0 aliphatic heterocycles. The molecule has 108 valence electrons. The molecule has 0 spiro atoms. The highest BCUT2D eigenvalue weighted by molar-refractivity contribution is 7.05. The van der Waals surface area contributed by atoms with Crippen LogP contribution >= 0.6 is 11.5 Å². The Morgan fingerprint density at radius 2 is 2.10 bits per heavy atom. The van der Waals surface area contributed by atoms with Gasteiger partial charge in [-0.05, 0) is 48.3 Å². The fourth-order valence-corrected chi connectivity index (χ4v) is 2.64.